The number of methoxy groups -OCH3 is 2. The van der Waals surface area contributed by atoms with Crippen molar-refractivity contribution in [2.45, 2.75) is 19.4 Å². The molecular formula is C24H29N3O5. The van der Waals surface area contributed by atoms with E-state index in [0.717, 1.165) is 49.5 Å². The van der Waals surface area contributed by atoms with Gasteiger partial charge in [0.1, 0.15) is 0 Å². The third-order valence-corrected chi connectivity index (χ3v) is 6.28. The standard InChI is InChI=1S/C24H29N3O5/c1-16-12-18-13-21(31-2)22(32-3)14-20(18)27(16)23(28)15-25-8-10-26(11-9-25)19-6-4-17(5-7-19)24(29)30/h4-7,13-14,16H,8-12,15H2,1-3H3,(H,29,30). The molecule has 2 aliphatic rings. The molecule has 2 heterocycles. The molecule has 0 radical (unpaired) electrons. The second-order valence-corrected chi connectivity index (χ2v) is 8.27. The van der Waals surface area contributed by atoms with Gasteiger partial charge < -0.3 is 24.4 Å². The maximum Gasteiger partial charge on any atom is 0.335 e. The Labute approximate surface area is 187 Å². The molecule has 2 aliphatic heterocycles. The Morgan fingerprint density at radius 3 is 2.22 bits per heavy atom. The summed E-state index contributed by atoms with van der Waals surface area (Å²) in [4.78, 5) is 30.6. The number of piperazine rings is 1. The van der Waals surface area contributed by atoms with Gasteiger partial charge >= 0.3 is 5.97 Å². The maximum atomic E-state index is 13.2. The van der Waals surface area contributed by atoms with Crippen molar-refractivity contribution in [2.75, 3.05) is 56.7 Å². The third kappa shape index (κ3) is 4.23. The lowest BCUT2D eigenvalue weighted by atomic mass is 10.1. The second kappa shape index (κ2) is 9.08. The number of carbonyl (C=O) groups excluding carboxylic acids is 1. The van der Waals surface area contributed by atoms with E-state index in [9.17, 15) is 9.59 Å². The molecule has 0 spiro atoms. The molecule has 1 atom stereocenters. The van der Waals surface area contributed by atoms with Crippen molar-refractivity contribution in [2.24, 2.45) is 0 Å². The van der Waals surface area contributed by atoms with Crippen molar-refractivity contribution in [3.8, 4) is 11.5 Å². The number of carboxylic acid groups (broad SMARTS) is 1. The minimum atomic E-state index is -0.923. The zero-order valence-corrected chi connectivity index (χ0v) is 18.7. The molecule has 0 aromatic heterocycles. The van der Waals surface area contributed by atoms with Crippen molar-refractivity contribution < 1.29 is 24.2 Å². The molecule has 32 heavy (non-hydrogen) atoms. The number of nitrogens with zero attached hydrogens (tertiary/aromatic N) is 3. The number of rotatable bonds is 6. The highest BCUT2D eigenvalue weighted by molar-refractivity contribution is 5.98. The van der Waals surface area contributed by atoms with E-state index in [2.05, 4.69) is 16.7 Å². The number of anilines is 2. The van der Waals surface area contributed by atoms with Crippen LogP contribution in [0.1, 0.15) is 22.8 Å². The van der Waals surface area contributed by atoms with Gasteiger partial charge in [0.2, 0.25) is 5.91 Å². The van der Waals surface area contributed by atoms with Crippen molar-refractivity contribution in [1.29, 1.82) is 0 Å². The maximum absolute atomic E-state index is 13.2. The summed E-state index contributed by atoms with van der Waals surface area (Å²) in [5.41, 5.74) is 3.28. The quantitative estimate of drug-likeness (QED) is 0.741. The summed E-state index contributed by atoms with van der Waals surface area (Å²) in [6.07, 6.45) is 0.793. The van der Waals surface area contributed by atoms with Gasteiger partial charge in [0.25, 0.3) is 0 Å². The van der Waals surface area contributed by atoms with Gasteiger partial charge in [-0.3, -0.25) is 9.69 Å². The van der Waals surface area contributed by atoms with Crippen molar-refractivity contribution in [3.63, 3.8) is 0 Å². The minimum Gasteiger partial charge on any atom is -0.493 e. The number of carboxylic acids is 1. The van der Waals surface area contributed by atoms with E-state index < -0.39 is 5.97 Å². The van der Waals surface area contributed by atoms with E-state index >= 15 is 0 Å². The van der Waals surface area contributed by atoms with Crippen molar-refractivity contribution >= 4 is 23.3 Å². The van der Waals surface area contributed by atoms with Gasteiger partial charge in [-0.2, -0.15) is 0 Å². The zero-order valence-electron chi connectivity index (χ0n) is 18.7. The largest absolute Gasteiger partial charge is 0.493 e. The lowest BCUT2D eigenvalue weighted by molar-refractivity contribution is -0.120. The van der Waals surface area contributed by atoms with Crippen LogP contribution in [0.2, 0.25) is 0 Å². The Bertz CT molecular complexity index is 999. The smallest absolute Gasteiger partial charge is 0.335 e. The van der Waals surface area contributed by atoms with Crippen LogP contribution >= 0.6 is 0 Å². The highest BCUT2D eigenvalue weighted by Gasteiger charge is 2.33. The fourth-order valence-corrected chi connectivity index (χ4v) is 4.57. The first-order valence-corrected chi connectivity index (χ1v) is 10.8. The normalized spacial score (nSPS) is 18.4. The van der Waals surface area contributed by atoms with Crippen LogP contribution < -0.4 is 19.3 Å². The number of fused-ring (bicyclic) bond motifs is 1. The summed E-state index contributed by atoms with van der Waals surface area (Å²) in [5.74, 6) is 0.470. The summed E-state index contributed by atoms with van der Waals surface area (Å²) in [6, 6.07) is 10.9. The Morgan fingerprint density at radius 2 is 1.62 bits per heavy atom. The van der Waals surface area contributed by atoms with Crippen molar-refractivity contribution in [1.82, 2.24) is 4.90 Å². The molecule has 1 amide bonds. The molecule has 170 valence electrons. The van der Waals surface area contributed by atoms with Crippen LogP contribution in [0, 0.1) is 0 Å². The highest BCUT2D eigenvalue weighted by Crippen LogP contribution is 2.40. The molecule has 1 unspecified atom stereocenters. The summed E-state index contributed by atoms with van der Waals surface area (Å²) in [6.45, 7) is 5.55. The molecule has 8 heteroatoms. The van der Waals surface area contributed by atoms with Gasteiger partial charge in [-0.05, 0) is 49.2 Å². The summed E-state index contributed by atoms with van der Waals surface area (Å²) < 4.78 is 10.8. The van der Waals surface area contributed by atoms with Gasteiger partial charge in [0, 0.05) is 44.0 Å². The predicted octanol–water partition coefficient (Wildman–Crippen LogP) is 2.50. The molecule has 0 bridgehead atoms. The molecule has 0 saturated carbocycles. The molecule has 2 aromatic carbocycles. The zero-order chi connectivity index (χ0) is 22.8. The molecule has 1 fully saturated rings. The molecule has 1 saturated heterocycles. The molecule has 1 N–H and O–H groups in total. The topological polar surface area (TPSA) is 82.6 Å². The van der Waals surface area contributed by atoms with Crippen LogP contribution in [0.4, 0.5) is 11.4 Å². The second-order valence-electron chi connectivity index (χ2n) is 8.27. The number of amides is 1. The minimum absolute atomic E-state index is 0.0859. The first-order chi connectivity index (χ1) is 15.4. The number of benzene rings is 2. The number of hydrogen-bond donors (Lipinski definition) is 1. The van der Waals surface area contributed by atoms with E-state index in [1.165, 1.54) is 0 Å². The molecule has 2 aromatic rings. The first-order valence-electron chi connectivity index (χ1n) is 10.8. The molecule has 8 nitrogen and oxygen atoms in total. The van der Waals surface area contributed by atoms with Crippen LogP contribution in [0.15, 0.2) is 36.4 Å². The van der Waals surface area contributed by atoms with Gasteiger partial charge in [0.15, 0.2) is 11.5 Å². The molecular weight excluding hydrogens is 410 g/mol. The summed E-state index contributed by atoms with van der Waals surface area (Å²) in [5, 5.41) is 9.06. The lowest BCUT2D eigenvalue weighted by Crippen LogP contribution is -2.51. The van der Waals surface area contributed by atoms with Gasteiger partial charge in [0.05, 0.1) is 32.0 Å². The van der Waals surface area contributed by atoms with Crippen LogP contribution in [0.3, 0.4) is 0 Å². The number of carbonyl (C=O) groups is 2. The van der Waals surface area contributed by atoms with E-state index in [0.29, 0.717) is 18.0 Å². The fraction of sp³-hybridized carbons (Fsp3) is 0.417. The van der Waals surface area contributed by atoms with Crippen LogP contribution in [0.5, 0.6) is 11.5 Å². The Morgan fingerprint density at radius 1 is 1.00 bits per heavy atom. The SMILES string of the molecule is COc1cc2c(cc1OC)N(C(=O)CN1CCN(c3ccc(C(=O)O)cc3)CC1)C(C)C2. The average molecular weight is 440 g/mol. The average Bonchev–Trinajstić information content (AvgIpc) is 3.13. The summed E-state index contributed by atoms with van der Waals surface area (Å²) in [7, 11) is 3.22. The Balaban J connectivity index is 1.39. The van der Waals surface area contributed by atoms with E-state index in [4.69, 9.17) is 14.6 Å². The molecule has 4 rings (SSSR count). The van der Waals surface area contributed by atoms with E-state index in [-0.39, 0.29) is 17.5 Å². The highest BCUT2D eigenvalue weighted by atomic mass is 16.5. The number of hydrogen-bond acceptors (Lipinski definition) is 6. The van der Waals surface area contributed by atoms with Gasteiger partial charge in [-0.1, -0.05) is 0 Å². The Hall–Kier alpha value is -3.26. The van der Waals surface area contributed by atoms with E-state index in [1.807, 2.05) is 29.2 Å². The number of aromatic carboxylic acids is 1. The third-order valence-electron chi connectivity index (χ3n) is 6.28. The van der Waals surface area contributed by atoms with Crippen LogP contribution in [0.25, 0.3) is 0 Å². The molecule has 0 aliphatic carbocycles. The summed E-state index contributed by atoms with van der Waals surface area (Å²) >= 11 is 0. The van der Waals surface area contributed by atoms with Gasteiger partial charge in [-0.25, -0.2) is 4.79 Å². The Kier molecular flexibility index (Phi) is 6.23. The van der Waals surface area contributed by atoms with E-state index in [1.54, 1.807) is 26.4 Å². The van der Waals surface area contributed by atoms with Crippen LogP contribution in [-0.2, 0) is 11.2 Å². The van der Waals surface area contributed by atoms with Crippen molar-refractivity contribution in [3.05, 3.63) is 47.5 Å². The fourth-order valence-electron chi connectivity index (χ4n) is 4.57. The first kappa shape index (κ1) is 22.0. The predicted molar refractivity (Wildman–Crippen MR) is 122 cm³/mol. The monoisotopic (exact) mass is 439 g/mol. The number of ether oxygens (including phenoxy) is 2. The van der Waals surface area contributed by atoms with Crippen LogP contribution in [-0.4, -0.2) is 74.9 Å². The van der Waals surface area contributed by atoms with Gasteiger partial charge in [-0.15, -0.1) is 0 Å². The lowest BCUT2D eigenvalue weighted by Gasteiger charge is -2.36.